The second-order valence-corrected chi connectivity index (χ2v) is 7.48. The first-order valence-electron chi connectivity index (χ1n) is 6.97. The van der Waals surface area contributed by atoms with E-state index < -0.39 is 0 Å². The van der Waals surface area contributed by atoms with E-state index in [1.165, 1.54) is 35.7 Å². The van der Waals surface area contributed by atoms with Gasteiger partial charge in [-0.15, -0.1) is 11.3 Å². The average molecular weight is 266 g/mol. The van der Waals surface area contributed by atoms with Crippen LogP contribution in [0.25, 0.3) is 0 Å². The van der Waals surface area contributed by atoms with Gasteiger partial charge < -0.3 is 10.2 Å². The third-order valence-electron chi connectivity index (χ3n) is 4.22. The molecule has 1 fully saturated rings. The molecule has 0 amide bonds. The van der Waals surface area contributed by atoms with Gasteiger partial charge in [0.25, 0.3) is 0 Å². The number of rotatable bonds is 4. The molecule has 1 unspecified atom stereocenters. The zero-order valence-corrected chi connectivity index (χ0v) is 12.9. The van der Waals surface area contributed by atoms with Gasteiger partial charge in [0.2, 0.25) is 0 Å². The molecule has 0 aromatic carbocycles. The SMILES string of the molecule is Cc1ccc(C(C)NCC2(C)CCN(C)CC2)s1. The fraction of sp³-hybridized carbons (Fsp3) is 0.733. The minimum Gasteiger partial charge on any atom is -0.309 e. The zero-order valence-electron chi connectivity index (χ0n) is 12.1. The largest absolute Gasteiger partial charge is 0.309 e. The molecule has 2 rings (SSSR count). The maximum atomic E-state index is 3.73. The average Bonchev–Trinajstić information content (AvgIpc) is 2.77. The first-order valence-corrected chi connectivity index (χ1v) is 7.78. The fourth-order valence-electron chi connectivity index (χ4n) is 2.52. The van der Waals surface area contributed by atoms with E-state index in [2.05, 4.69) is 50.2 Å². The second-order valence-electron chi connectivity index (χ2n) is 6.16. The van der Waals surface area contributed by atoms with Crippen molar-refractivity contribution in [3.8, 4) is 0 Å². The Kier molecular flexibility index (Phi) is 4.46. The van der Waals surface area contributed by atoms with E-state index in [9.17, 15) is 0 Å². The van der Waals surface area contributed by atoms with Crippen molar-refractivity contribution in [1.82, 2.24) is 10.2 Å². The molecule has 1 saturated heterocycles. The molecule has 2 heterocycles. The summed E-state index contributed by atoms with van der Waals surface area (Å²) in [6.45, 7) is 10.5. The molecule has 0 radical (unpaired) electrons. The standard InChI is InChI=1S/C15H26N2S/c1-12-5-6-14(18-12)13(2)16-11-15(3)7-9-17(4)10-8-15/h5-6,13,16H,7-11H2,1-4H3. The maximum Gasteiger partial charge on any atom is 0.0386 e. The van der Waals surface area contributed by atoms with Crippen LogP contribution in [0.4, 0.5) is 0 Å². The van der Waals surface area contributed by atoms with Gasteiger partial charge >= 0.3 is 0 Å². The highest BCUT2D eigenvalue weighted by molar-refractivity contribution is 7.12. The molecule has 0 bridgehead atoms. The van der Waals surface area contributed by atoms with Crippen LogP contribution in [0, 0.1) is 12.3 Å². The normalized spacial score (nSPS) is 22.0. The number of nitrogens with zero attached hydrogens (tertiary/aromatic N) is 1. The van der Waals surface area contributed by atoms with Crippen molar-refractivity contribution in [2.24, 2.45) is 5.41 Å². The van der Waals surface area contributed by atoms with Gasteiger partial charge in [0.15, 0.2) is 0 Å². The predicted octanol–water partition coefficient (Wildman–Crippen LogP) is 3.44. The molecule has 3 heteroatoms. The molecule has 0 spiro atoms. The Bertz CT molecular complexity index is 378. The van der Waals surface area contributed by atoms with Crippen molar-refractivity contribution in [3.63, 3.8) is 0 Å². The number of aryl methyl sites for hydroxylation is 1. The topological polar surface area (TPSA) is 15.3 Å². The van der Waals surface area contributed by atoms with E-state index in [4.69, 9.17) is 0 Å². The lowest BCUT2D eigenvalue weighted by Crippen LogP contribution is -2.42. The van der Waals surface area contributed by atoms with Crippen molar-refractivity contribution in [3.05, 3.63) is 21.9 Å². The summed E-state index contributed by atoms with van der Waals surface area (Å²) in [4.78, 5) is 5.31. The molecule has 1 atom stereocenters. The summed E-state index contributed by atoms with van der Waals surface area (Å²) >= 11 is 1.91. The molecule has 1 N–H and O–H groups in total. The van der Waals surface area contributed by atoms with Crippen LogP contribution in [0.5, 0.6) is 0 Å². The molecule has 18 heavy (non-hydrogen) atoms. The van der Waals surface area contributed by atoms with Gasteiger partial charge in [-0.2, -0.15) is 0 Å². The maximum absolute atomic E-state index is 3.73. The highest BCUT2D eigenvalue weighted by Crippen LogP contribution is 2.31. The summed E-state index contributed by atoms with van der Waals surface area (Å²) < 4.78 is 0. The Balaban J connectivity index is 1.84. The smallest absolute Gasteiger partial charge is 0.0386 e. The predicted molar refractivity (Wildman–Crippen MR) is 80.3 cm³/mol. The molecule has 102 valence electrons. The number of nitrogens with one attached hydrogen (secondary N) is 1. The number of hydrogen-bond acceptors (Lipinski definition) is 3. The quantitative estimate of drug-likeness (QED) is 0.898. The van der Waals surface area contributed by atoms with Gasteiger partial charge in [0, 0.05) is 22.3 Å². The van der Waals surface area contributed by atoms with Crippen LogP contribution >= 0.6 is 11.3 Å². The molecule has 1 aromatic rings. The van der Waals surface area contributed by atoms with Crippen LogP contribution in [0.2, 0.25) is 0 Å². The number of likely N-dealkylation sites (tertiary alicyclic amines) is 1. The summed E-state index contributed by atoms with van der Waals surface area (Å²) in [6, 6.07) is 4.96. The summed E-state index contributed by atoms with van der Waals surface area (Å²) in [5, 5.41) is 3.73. The van der Waals surface area contributed by atoms with Crippen molar-refractivity contribution < 1.29 is 0 Å². The number of hydrogen-bond donors (Lipinski definition) is 1. The molecule has 2 nitrogen and oxygen atoms in total. The van der Waals surface area contributed by atoms with Gasteiger partial charge in [-0.05, 0) is 64.4 Å². The molecule has 1 aliphatic heterocycles. The number of thiophene rings is 1. The van der Waals surface area contributed by atoms with E-state index in [1.807, 2.05) is 11.3 Å². The van der Waals surface area contributed by atoms with E-state index in [1.54, 1.807) is 0 Å². The van der Waals surface area contributed by atoms with E-state index in [-0.39, 0.29) is 0 Å². The summed E-state index contributed by atoms with van der Waals surface area (Å²) in [5.74, 6) is 0. The van der Waals surface area contributed by atoms with Crippen LogP contribution in [-0.2, 0) is 0 Å². The van der Waals surface area contributed by atoms with Gasteiger partial charge in [-0.25, -0.2) is 0 Å². The van der Waals surface area contributed by atoms with Crippen molar-refractivity contribution in [1.29, 1.82) is 0 Å². The Labute approximate surface area is 115 Å². The monoisotopic (exact) mass is 266 g/mol. The lowest BCUT2D eigenvalue weighted by molar-refractivity contribution is 0.134. The lowest BCUT2D eigenvalue weighted by Gasteiger charge is -2.38. The minimum absolute atomic E-state index is 0.479. The fourth-order valence-corrected chi connectivity index (χ4v) is 3.43. The van der Waals surface area contributed by atoms with Crippen LogP contribution in [0.1, 0.15) is 42.5 Å². The second kappa shape index (κ2) is 5.72. The lowest BCUT2D eigenvalue weighted by atomic mass is 9.80. The van der Waals surface area contributed by atoms with Crippen LogP contribution in [0.15, 0.2) is 12.1 Å². The van der Waals surface area contributed by atoms with Gasteiger partial charge in [0.1, 0.15) is 0 Å². The van der Waals surface area contributed by atoms with Crippen molar-refractivity contribution >= 4 is 11.3 Å². The zero-order chi connectivity index (χ0) is 13.2. The minimum atomic E-state index is 0.479. The van der Waals surface area contributed by atoms with Gasteiger partial charge in [-0.3, -0.25) is 0 Å². The van der Waals surface area contributed by atoms with Gasteiger partial charge in [-0.1, -0.05) is 6.92 Å². The Hall–Kier alpha value is -0.380. The van der Waals surface area contributed by atoms with Crippen molar-refractivity contribution in [2.75, 3.05) is 26.7 Å². The van der Waals surface area contributed by atoms with E-state index >= 15 is 0 Å². The highest BCUT2D eigenvalue weighted by atomic mass is 32.1. The van der Waals surface area contributed by atoms with Crippen LogP contribution in [0.3, 0.4) is 0 Å². The highest BCUT2D eigenvalue weighted by Gasteiger charge is 2.29. The first kappa shape index (κ1) is 14.0. The molecule has 0 aliphatic carbocycles. The third kappa shape index (κ3) is 3.56. The van der Waals surface area contributed by atoms with E-state index in [0.29, 0.717) is 11.5 Å². The molecule has 1 aromatic heterocycles. The first-order chi connectivity index (χ1) is 8.48. The summed E-state index contributed by atoms with van der Waals surface area (Å²) in [6.07, 6.45) is 2.62. The molecule has 0 saturated carbocycles. The third-order valence-corrected chi connectivity index (χ3v) is 5.40. The Morgan fingerprint density at radius 3 is 2.61 bits per heavy atom. The van der Waals surface area contributed by atoms with Gasteiger partial charge in [0.05, 0.1) is 0 Å². The number of piperidine rings is 1. The molecule has 1 aliphatic rings. The summed E-state index contributed by atoms with van der Waals surface area (Å²) in [5.41, 5.74) is 0.479. The molecular weight excluding hydrogens is 240 g/mol. The Morgan fingerprint density at radius 2 is 2.06 bits per heavy atom. The van der Waals surface area contributed by atoms with Crippen LogP contribution < -0.4 is 5.32 Å². The molecular formula is C15H26N2S. The van der Waals surface area contributed by atoms with Crippen LogP contribution in [-0.4, -0.2) is 31.6 Å². The summed E-state index contributed by atoms with van der Waals surface area (Å²) in [7, 11) is 2.23. The Morgan fingerprint density at radius 1 is 1.39 bits per heavy atom. The van der Waals surface area contributed by atoms with Crippen molar-refractivity contribution in [2.45, 2.75) is 39.7 Å². The van der Waals surface area contributed by atoms with E-state index in [0.717, 1.165) is 6.54 Å².